The molecule has 0 saturated heterocycles. The van der Waals surface area contributed by atoms with E-state index in [9.17, 15) is 17.6 Å². The second kappa shape index (κ2) is 9.49. The van der Waals surface area contributed by atoms with Crippen molar-refractivity contribution < 1.29 is 22.3 Å². The van der Waals surface area contributed by atoms with Gasteiger partial charge < -0.3 is 9.30 Å². The third-order valence-corrected chi connectivity index (χ3v) is 6.51. The molecule has 36 heavy (non-hydrogen) atoms. The van der Waals surface area contributed by atoms with E-state index in [2.05, 4.69) is 14.9 Å². The van der Waals surface area contributed by atoms with Crippen molar-refractivity contribution in [3.8, 4) is 11.4 Å². The topological polar surface area (TPSA) is 106 Å². The SMILES string of the molecule is CS(=O)(=O)NC(=O)c1ncc(CN2CCOc3c(Cl)cc(-n4ccc5cc(F)ccc54)cc3C2)cn1. The number of carbonyl (C=O) groups excluding carboxylic acids is 1. The first-order chi connectivity index (χ1) is 17.2. The lowest BCUT2D eigenvalue weighted by molar-refractivity contribution is 0.0971. The maximum absolute atomic E-state index is 13.6. The number of amides is 1. The van der Waals surface area contributed by atoms with E-state index in [1.807, 2.05) is 33.7 Å². The predicted molar refractivity (Wildman–Crippen MR) is 132 cm³/mol. The van der Waals surface area contributed by atoms with Crippen LogP contribution in [-0.4, -0.2) is 53.2 Å². The van der Waals surface area contributed by atoms with Crippen molar-refractivity contribution in [1.29, 1.82) is 0 Å². The number of nitrogens with zero attached hydrogens (tertiary/aromatic N) is 4. The molecule has 9 nitrogen and oxygen atoms in total. The summed E-state index contributed by atoms with van der Waals surface area (Å²) in [6, 6.07) is 10.3. The smallest absolute Gasteiger partial charge is 0.302 e. The Bertz CT molecular complexity index is 1570. The maximum Gasteiger partial charge on any atom is 0.302 e. The number of nitrogens with one attached hydrogen (secondary N) is 1. The Morgan fingerprint density at radius 2 is 1.97 bits per heavy atom. The van der Waals surface area contributed by atoms with Gasteiger partial charge in [0.15, 0.2) is 0 Å². The Morgan fingerprint density at radius 3 is 2.72 bits per heavy atom. The van der Waals surface area contributed by atoms with Crippen molar-refractivity contribution in [3.63, 3.8) is 0 Å². The van der Waals surface area contributed by atoms with Crippen molar-refractivity contribution in [2.45, 2.75) is 13.1 Å². The summed E-state index contributed by atoms with van der Waals surface area (Å²) >= 11 is 6.60. The van der Waals surface area contributed by atoms with Crippen LogP contribution in [0.5, 0.6) is 5.75 Å². The predicted octanol–water partition coefficient (Wildman–Crippen LogP) is 3.30. The van der Waals surface area contributed by atoms with Crippen molar-refractivity contribution in [3.05, 3.63) is 82.8 Å². The third-order valence-electron chi connectivity index (χ3n) is 5.68. The molecule has 0 radical (unpaired) electrons. The van der Waals surface area contributed by atoms with Gasteiger partial charge in [0.2, 0.25) is 15.8 Å². The number of halogens is 2. The molecule has 0 spiro atoms. The van der Waals surface area contributed by atoms with E-state index in [0.29, 0.717) is 37.0 Å². The molecule has 0 saturated carbocycles. The zero-order valence-electron chi connectivity index (χ0n) is 19.1. The monoisotopic (exact) mass is 529 g/mol. The quantitative estimate of drug-likeness (QED) is 0.423. The molecule has 0 aliphatic carbocycles. The lowest BCUT2D eigenvalue weighted by atomic mass is 10.1. The maximum atomic E-state index is 13.6. The summed E-state index contributed by atoms with van der Waals surface area (Å²) in [5.41, 5.74) is 3.32. The minimum absolute atomic E-state index is 0.232. The Kier molecular flexibility index (Phi) is 6.37. The molecule has 1 N–H and O–H groups in total. The van der Waals surface area contributed by atoms with Gasteiger partial charge >= 0.3 is 5.91 Å². The molecule has 12 heteroatoms. The van der Waals surface area contributed by atoms with Crippen LogP contribution in [0, 0.1) is 5.82 Å². The first kappa shape index (κ1) is 24.2. The van der Waals surface area contributed by atoms with Crippen molar-refractivity contribution in [2.24, 2.45) is 0 Å². The molecular weight excluding hydrogens is 509 g/mol. The summed E-state index contributed by atoms with van der Waals surface area (Å²) < 4.78 is 45.9. The van der Waals surface area contributed by atoms with Crippen molar-refractivity contribution >= 4 is 38.4 Å². The fourth-order valence-corrected chi connectivity index (χ4v) is 4.86. The molecule has 5 rings (SSSR count). The average molecular weight is 530 g/mol. The Morgan fingerprint density at radius 1 is 1.19 bits per heavy atom. The van der Waals surface area contributed by atoms with Gasteiger partial charge in [-0.05, 0) is 36.4 Å². The van der Waals surface area contributed by atoms with Crippen LogP contribution in [0.15, 0.2) is 55.0 Å². The van der Waals surface area contributed by atoms with Crippen LogP contribution in [-0.2, 0) is 23.1 Å². The van der Waals surface area contributed by atoms with Crippen LogP contribution < -0.4 is 9.46 Å². The summed E-state index contributed by atoms with van der Waals surface area (Å²) in [6.45, 7) is 2.05. The molecule has 2 aromatic carbocycles. The molecular formula is C24H21ClFN5O4S. The van der Waals surface area contributed by atoms with Crippen molar-refractivity contribution in [1.82, 2.24) is 24.2 Å². The number of fused-ring (bicyclic) bond motifs is 2. The van der Waals surface area contributed by atoms with E-state index in [-0.39, 0.29) is 11.6 Å². The van der Waals surface area contributed by atoms with E-state index in [4.69, 9.17) is 16.3 Å². The van der Waals surface area contributed by atoms with Crippen LogP contribution in [0.4, 0.5) is 4.39 Å². The molecule has 1 amide bonds. The zero-order valence-corrected chi connectivity index (χ0v) is 20.7. The summed E-state index contributed by atoms with van der Waals surface area (Å²) in [5, 5.41) is 1.27. The van der Waals surface area contributed by atoms with E-state index in [1.54, 1.807) is 6.07 Å². The molecule has 0 unspecified atom stereocenters. The van der Waals surface area contributed by atoms with Crippen LogP contribution >= 0.6 is 11.6 Å². The first-order valence-corrected chi connectivity index (χ1v) is 13.2. The normalized spacial score (nSPS) is 14.2. The Hall–Kier alpha value is -3.54. The molecule has 4 aromatic rings. The van der Waals surface area contributed by atoms with Gasteiger partial charge in [0.25, 0.3) is 0 Å². The number of hydrogen-bond acceptors (Lipinski definition) is 7. The van der Waals surface area contributed by atoms with Gasteiger partial charge in [-0.3, -0.25) is 9.69 Å². The number of sulfonamides is 1. The largest absolute Gasteiger partial charge is 0.490 e. The summed E-state index contributed by atoms with van der Waals surface area (Å²) in [4.78, 5) is 22.1. The number of ether oxygens (including phenoxy) is 1. The first-order valence-electron chi connectivity index (χ1n) is 10.9. The van der Waals surface area contributed by atoms with E-state index in [1.165, 1.54) is 24.5 Å². The highest BCUT2D eigenvalue weighted by molar-refractivity contribution is 7.89. The molecule has 1 aliphatic rings. The number of rotatable bonds is 5. The van der Waals surface area contributed by atoms with Gasteiger partial charge in [-0.25, -0.2) is 27.5 Å². The molecule has 0 bridgehead atoms. The second-order valence-corrected chi connectivity index (χ2v) is 10.6. The number of carbonyl (C=O) groups is 1. The molecule has 1 aliphatic heterocycles. The van der Waals surface area contributed by atoms with Crippen LogP contribution in [0.25, 0.3) is 16.6 Å². The summed E-state index contributed by atoms with van der Waals surface area (Å²) in [5.74, 6) is -0.792. The van der Waals surface area contributed by atoms with Gasteiger partial charge in [0.1, 0.15) is 18.2 Å². The lowest BCUT2D eigenvalue weighted by Gasteiger charge is -2.19. The summed E-state index contributed by atoms with van der Waals surface area (Å²) in [7, 11) is -3.71. The second-order valence-electron chi connectivity index (χ2n) is 8.48. The molecule has 0 atom stereocenters. The molecule has 186 valence electrons. The van der Waals surface area contributed by atoms with Gasteiger partial charge in [-0.15, -0.1) is 0 Å². The highest BCUT2D eigenvalue weighted by Gasteiger charge is 2.21. The Labute approximate surface area is 211 Å². The standard InChI is InChI=1S/C24H21ClFN5O4S/c1-36(33,34)29-24(32)23-27-11-15(12-28-23)13-30-6-7-35-22-17(14-30)9-19(10-20(22)25)31-5-4-16-8-18(26)2-3-21(16)31/h2-5,8-12H,6-7,13-14H2,1H3,(H,29,32). The van der Waals surface area contributed by atoms with Gasteiger partial charge in [-0.2, -0.15) is 0 Å². The lowest BCUT2D eigenvalue weighted by Crippen LogP contribution is -2.31. The van der Waals surface area contributed by atoms with Crippen LogP contribution in [0.2, 0.25) is 5.02 Å². The zero-order chi connectivity index (χ0) is 25.4. The molecule has 2 aromatic heterocycles. The van der Waals surface area contributed by atoms with E-state index >= 15 is 0 Å². The number of benzene rings is 2. The third kappa shape index (κ3) is 5.18. The highest BCUT2D eigenvalue weighted by Crippen LogP contribution is 2.35. The highest BCUT2D eigenvalue weighted by atomic mass is 35.5. The fourth-order valence-electron chi connectivity index (χ4n) is 4.15. The van der Waals surface area contributed by atoms with E-state index < -0.39 is 15.9 Å². The minimum atomic E-state index is -3.71. The van der Waals surface area contributed by atoms with Crippen molar-refractivity contribution in [2.75, 3.05) is 19.4 Å². The van der Waals surface area contributed by atoms with Gasteiger partial charge in [-0.1, -0.05) is 11.6 Å². The van der Waals surface area contributed by atoms with Crippen LogP contribution in [0.3, 0.4) is 0 Å². The van der Waals surface area contributed by atoms with Gasteiger partial charge in [0.05, 0.1) is 16.8 Å². The number of aromatic nitrogens is 3. The molecule has 0 fully saturated rings. The van der Waals surface area contributed by atoms with E-state index in [0.717, 1.165) is 34.0 Å². The fraction of sp³-hybridized carbons (Fsp3) is 0.208. The average Bonchev–Trinajstić information content (AvgIpc) is 3.11. The molecule has 3 heterocycles. The van der Waals surface area contributed by atoms with Crippen LogP contribution in [0.1, 0.15) is 21.7 Å². The Balaban J connectivity index is 1.37. The summed E-state index contributed by atoms with van der Waals surface area (Å²) in [6.07, 6.45) is 5.74. The van der Waals surface area contributed by atoms with Gasteiger partial charge in [0, 0.05) is 60.4 Å². The number of hydrogen-bond donors (Lipinski definition) is 1. The minimum Gasteiger partial charge on any atom is -0.490 e.